The van der Waals surface area contributed by atoms with Crippen LogP contribution in [0.4, 0.5) is 0 Å². The predicted molar refractivity (Wildman–Crippen MR) is 208 cm³/mol. The number of unbranched alkanes of at least 4 members (excludes halogenated alkanes) is 24. The van der Waals surface area contributed by atoms with Crippen LogP contribution < -0.4 is 5.32 Å². The van der Waals surface area contributed by atoms with Gasteiger partial charge in [0.2, 0.25) is 5.91 Å². The van der Waals surface area contributed by atoms with Gasteiger partial charge in [0.25, 0.3) is 0 Å². The molecule has 8 nitrogen and oxygen atoms in total. The first kappa shape index (κ1) is 48.2. The van der Waals surface area contributed by atoms with E-state index in [0.29, 0.717) is 17.4 Å². The van der Waals surface area contributed by atoms with E-state index in [4.69, 9.17) is 9.05 Å². The highest BCUT2D eigenvalue weighted by Crippen LogP contribution is 2.43. The number of hydrogen-bond donors (Lipinski definition) is 3. The van der Waals surface area contributed by atoms with Crippen molar-refractivity contribution in [2.45, 2.75) is 199 Å². The Morgan fingerprint density at radius 2 is 1.08 bits per heavy atom. The molecule has 0 saturated carbocycles. The third-order valence-electron chi connectivity index (χ3n) is 9.26. The average Bonchev–Trinajstić information content (AvgIpc) is 3.04. The van der Waals surface area contributed by atoms with E-state index < -0.39 is 20.0 Å². The Morgan fingerprint density at radius 3 is 1.51 bits per heavy atom. The zero-order chi connectivity index (χ0) is 36.5. The molecule has 0 rings (SSSR count). The van der Waals surface area contributed by atoms with Crippen molar-refractivity contribution in [2.24, 2.45) is 0 Å². The van der Waals surface area contributed by atoms with E-state index in [2.05, 4.69) is 19.2 Å². The largest absolute Gasteiger partial charge is 0.472 e. The van der Waals surface area contributed by atoms with Gasteiger partial charge in [-0.15, -0.1) is 0 Å². The summed E-state index contributed by atoms with van der Waals surface area (Å²) in [5.74, 6) is -0.183. The summed E-state index contributed by atoms with van der Waals surface area (Å²) in [7, 11) is 1.58. The standard InChI is InChI=1S/C40H81N2O6P/c1-6-8-10-12-14-15-16-17-18-19-20-21-22-23-24-25-26-28-29-31-33-39(43)38(37-48-49(45,46)47-36-35-42(3,4)5)41-40(44)34-32-30-27-13-11-9-7-2/h31,33,38-39,43H,6-30,32,34-37H2,1-5H3,(H-,41,44,45,46)/p+1/b33-31+. The summed E-state index contributed by atoms with van der Waals surface area (Å²) < 4.78 is 23.4. The van der Waals surface area contributed by atoms with Gasteiger partial charge in [-0.3, -0.25) is 13.8 Å². The number of allylic oxidation sites excluding steroid dienone is 1. The van der Waals surface area contributed by atoms with Crippen LogP contribution in [0.5, 0.6) is 0 Å². The van der Waals surface area contributed by atoms with Crippen molar-refractivity contribution in [3.05, 3.63) is 12.2 Å². The molecule has 3 atom stereocenters. The van der Waals surface area contributed by atoms with E-state index in [9.17, 15) is 19.4 Å². The molecule has 0 aliphatic heterocycles. The van der Waals surface area contributed by atoms with Gasteiger partial charge in [-0.2, -0.15) is 0 Å². The SMILES string of the molecule is CCCCCCCCCCCCCCCCCCCC/C=C/C(O)C(COP(=O)(O)OCC[N+](C)(C)C)NC(=O)CCCCCCCCC. The molecule has 3 unspecified atom stereocenters. The summed E-state index contributed by atoms with van der Waals surface area (Å²) in [5.41, 5.74) is 0. The van der Waals surface area contributed by atoms with Gasteiger partial charge >= 0.3 is 7.82 Å². The van der Waals surface area contributed by atoms with Crippen LogP contribution in [0.2, 0.25) is 0 Å². The summed E-state index contributed by atoms with van der Waals surface area (Å²) in [4.78, 5) is 22.9. The number of phosphoric acid groups is 1. The van der Waals surface area contributed by atoms with E-state index >= 15 is 0 Å². The molecule has 0 saturated heterocycles. The Bertz CT molecular complexity index is 819. The van der Waals surface area contributed by atoms with Gasteiger partial charge in [-0.25, -0.2) is 4.57 Å². The number of rotatable bonds is 37. The fourth-order valence-electron chi connectivity index (χ4n) is 5.92. The molecule has 1 amide bonds. The number of phosphoric ester groups is 1. The number of nitrogens with zero attached hydrogens (tertiary/aromatic N) is 1. The number of aliphatic hydroxyl groups is 1. The molecule has 0 heterocycles. The molecule has 0 aliphatic rings. The van der Waals surface area contributed by atoms with Gasteiger partial charge in [-0.1, -0.05) is 174 Å². The van der Waals surface area contributed by atoms with E-state index in [1.54, 1.807) is 6.08 Å². The molecule has 3 N–H and O–H groups in total. The highest BCUT2D eigenvalue weighted by atomic mass is 31.2. The second-order valence-corrected chi connectivity index (χ2v) is 16.8. The van der Waals surface area contributed by atoms with Crippen LogP contribution in [-0.2, 0) is 18.4 Å². The molecule has 0 aromatic carbocycles. The quantitative estimate of drug-likeness (QED) is 0.0256. The lowest BCUT2D eigenvalue weighted by Crippen LogP contribution is -2.45. The number of hydrogen-bond acceptors (Lipinski definition) is 5. The molecule has 0 aromatic heterocycles. The highest BCUT2D eigenvalue weighted by Gasteiger charge is 2.27. The smallest absolute Gasteiger partial charge is 0.387 e. The van der Waals surface area contributed by atoms with Crippen molar-refractivity contribution < 1.29 is 32.9 Å². The number of amides is 1. The maximum absolute atomic E-state index is 12.7. The molecule has 9 heteroatoms. The number of quaternary nitrogens is 1. The van der Waals surface area contributed by atoms with E-state index in [1.807, 2.05) is 27.2 Å². The van der Waals surface area contributed by atoms with Crippen molar-refractivity contribution in [3.8, 4) is 0 Å². The minimum atomic E-state index is -4.32. The van der Waals surface area contributed by atoms with Crippen LogP contribution >= 0.6 is 7.82 Å². The minimum Gasteiger partial charge on any atom is -0.387 e. The lowest BCUT2D eigenvalue weighted by molar-refractivity contribution is -0.870. The molecule has 0 spiro atoms. The first-order chi connectivity index (χ1) is 23.5. The monoisotopic (exact) mass is 718 g/mol. The number of carbonyl (C=O) groups excluding carboxylic acids is 1. The lowest BCUT2D eigenvalue weighted by atomic mass is 10.0. The molecule has 0 radical (unpaired) electrons. The van der Waals surface area contributed by atoms with Crippen LogP contribution in [0.1, 0.15) is 187 Å². The molecule has 0 bridgehead atoms. The summed E-state index contributed by atoms with van der Waals surface area (Å²) >= 11 is 0. The number of nitrogens with one attached hydrogen (secondary N) is 1. The Labute approximate surface area is 303 Å². The Morgan fingerprint density at radius 1 is 0.673 bits per heavy atom. The van der Waals surface area contributed by atoms with Crippen molar-refractivity contribution in [1.82, 2.24) is 5.32 Å². The lowest BCUT2D eigenvalue weighted by Gasteiger charge is -2.25. The minimum absolute atomic E-state index is 0.0639. The van der Waals surface area contributed by atoms with Crippen molar-refractivity contribution in [3.63, 3.8) is 0 Å². The first-order valence-electron chi connectivity index (χ1n) is 20.6. The molecule has 292 valence electrons. The van der Waals surface area contributed by atoms with Gasteiger partial charge < -0.3 is 19.8 Å². The van der Waals surface area contributed by atoms with Crippen LogP contribution in [-0.4, -0.2) is 73.4 Å². The van der Waals surface area contributed by atoms with Gasteiger partial charge in [0.05, 0.1) is 39.9 Å². The number of carbonyl (C=O) groups is 1. The first-order valence-corrected chi connectivity index (χ1v) is 22.1. The topological polar surface area (TPSA) is 105 Å². The van der Waals surface area contributed by atoms with Crippen molar-refractivity contribution in [2.75, 3.05) is 40.9 Å². The second kappa shape index (κ2) is 33.1. The predicted octanol–water partition coefficient (Wildman–Crippen LogP) is 10.8. The molecular weight excluding hydrogens is 635 g/mol. The van der Waals surface area contributed by atoms with E-state index in [1.165, 1.54) is 135 Å². The van der Waals surface area contributed by atoms with Gasteiger partial charge in [0.1, 0.15) is 13.2 Å². The maximum atomic E-state index is 12.7. The molecule has 0 aliphatic carbocycles. The third kappa shape index (κ3) is 35.4. The summed E-state index contributed by atoms with van der Waals surface area (Å²) in [5, 5.41) is 13.7. The second-order valence-electron chi connectivity index (χ2n) is 15.4. The van der Waals surface area contributed by atoms with Crippen molar-refractivity contribution in [1.29, 1.82) is 0 Å². The van der Waals surface area contributed by atoms with Crippen LogP contribution in [0, 0.1) is 0 Å². The van der Waals surface area contributed by atoms with E-state index in [-0.39, 0.29) is 19.1 Å². The molecule has 49 heavy (non-hydrogen) atoms. The summed E-state index contributed by atoms with van der Waals surface area (Å²) in [6.07, 6.45) is 35.8. The summed E-state index contributed by atoms with van der Waals surface area (Å²) in [6.45, 7) is 4.77. The summed E-state index contributed by atoms with van der Waals surface area (Å²) in [6, 6.07) is -0.837. The highest BCUT2D eigenvalue weighted by molar-refractivity contribution is 7.47. The fraction of sp³-hybridized carbons (Fsp3) is 0.925. The van der Waals surface area contributed by atoms with Crippen LogP contribution in [0.15, 0.2) is 12.2 Å². The Hall–Kier alpha value is -0.760. The van der Waals surface area contributed by atoms with E-state index in [0.717, 1.165) is 32.1 Å². The van der Waals surface area contributed by atoms with Gasteiger partial charge in [0.15, 0.2) is 0 Å². The van der Waals surface area contributed by atoms with Gasteiger partial charge in [-0.05, 0) is 19.3 Å². The van der Waals surface area contributed by atoms with Crippen LogP contribution in [0.3, 0.4) is 0 Å². The zero-order valence-electron chi connectivity index (χ0n) is 32.9. The van der Waals surface area contributed by atoms with Crippen molar-refractivity contribution >= 4 is 13.7 Å². The number of aliphatic hydroxyl groups excluding tert-OH is 1. The maximum Gasteiger partial charge on any atom is 0.472 e. The molecule has 0 fully saturated rings. The molecule has 0 aromatic rings. The van der Waals surface area contributed by atoms with Crippen LogP contribution in [0.25, 0.3) is 0 Å². The third-order valence-corrected chi connectivity index (χ3v) is 10.2. The molecular formula is C40H82N2O6P+. The zero-order valence-corrected chi connectivity index (χ0v) is 33.8. The Balaban J connectivity index is 4.30. The van der Waals surface area contributed by atoms with Gasteiger partial charge in [0, 0.05) is 6.42 Å². The Kier molecular flexibility index (Phi) is 32.6. The fourth-order valence-corrected chi connectivity index (χ4v) is 6.66. The average molecular weight is 718 g/mol. The number of likely N-dealkylation sites (N-methyl/N-ethyl adjacent to an activating group) is 1. The normalized spacial score (nSPS) is 14.7.